The fourth-order valence-electron chi connectivity index (χ4n) is 4.24. The van der Waals surface area contributed by atoms with Gasteiger partial charge in [-0.3, -0.25) is 10.3 Å². The van der Waals surface area contributed by atoms with Gasteiger partial charge in [0.1, 0.15) is 29.0 Å². The Labute approximate surface area is 241 Å². The lowest BCUT2D eigenvalue weighted by atomic mass is 9.92. The molecule has 0 aliphatic heterocycles. The van der Waals surface area contributed by atoms with Gasteiger partial charge in [0.2, 0.25) is 0 Å². The third-order valence-electron chi connectivity index (χ3n) is 6.40. The molecule has 0 aliphatic carbocycles. The fraction of sp³-hybridized carbons (Fsp3) is 0.194. The van der Waals surface area contributed by atoms with E-state index in [0.717, 1.165) is 6.07 Å². The SMILES string of the molecule is COc1cc2nccc(Oc3ccc(NC(=O)Nc4cc(C(C)(C)C)nn4-c4cccc(F)c4)c(F)c3)c2cc1OC. The highest BCUT2D eigenvalue weighted by atomic mass is 19.1. The lowest BCUT2D eigenvalue weighted by Crippen LogP contribution is -2.22. The number of rotatable bonds is 7. The van der Waals surface area contributed by atoms with Gasteiger partial charge >= 0.3 is 6.03 Å². The average molecular weight is 574 g/mol. The van der Waals surface area contributed by atoms with Crippen LogP contribution in [0.4, 0.5) is 25.1 Å². The first-order chi connectivity index (χ1) is 20.0. The predicted molar refractivity (Wildman–Crippen MR) is 156 cm³/mol. The van der Waals surface area contributed by atoms with E-state index in [2.05, 4.69) is 20.7 Å². The van der Waals surface area contributed by atoms with Crippen molar-refractivity contribution in [1.29, 1.82) is 0 Å². The highest BCUT2D eigenvalue weighted by Crippen LogP contribution is 2.37. The van der Waals surface area contributed by atoms with Gasteiger partial charge in [0, 0.05) is 35.2 Å². The Kier molecular flexibility index (Phi) is 7.66. The monoisotopic (exact) mass is 573 g/mol. The lowest BCUT2D eigenvalue weighted by Gasteiger charge is -2.14. The van der Waals surface area contributed by atoms with Crippen LogP contribution in [-0.2, 0) is 5.41 Å². The number of carbonyl (C=O) groups excluding carboxylic acids is 1. The summed E-state index contributed by atoms with van der Waals surface area (Å²) < 4.78 is 47.1. The third kappa shape index (κ3) is 5.95. The highest BCUT2D eigenvalue weighted by Gasteiger charge is 2.22. The molecule has 0 fully saturated rings. The van der Waals surface area contributed by atoms with Crippen LogP contribution in [0.3, 0.4) is 0 Å². The van der Waals surface area contributed by atoms with Gasteiger partial charge in [-0.2, -0.15) is 5.10 Å². The summed E-state index contributed by atoms with van der Waals surface area (Å²) in [5, 5.41) is 10.4. The number of aromatic nitrogens is 3. The maximum atomic E-state index is 15.1. The van der Waals surface area contributed by atoms with Gasteiger partial charge in [0.05, 0.1) is 36.8 Å². The van der Waals surface area contributed by atoms with E-state index in [1.54, 1.807) is 42.6 Å². The summed E-state index contributed by atoms with van der Waals surface area (Å²) in [6.45, 7) is 5.91. The highest BCUT2D eigenvalue weighted by molar-refractivity contribution is 5.99. The number of nitrogens with one attached hydrogen (secondary N) is 2. The van der Waals surface area contributed by atoms with E-state index < -0.39 is 17.7 Å². The van der Waals surface area contributed by atoms with Crippen LogP contribution in [0, 0.1) is 11.6 Å². The van der Waals surface area contributed by atoms with E-state index >= 15 is 4.39 Å². The van der Waals surface area contributed by atoms with Gasteiger partial charge in [-0.05, 0) is 42.5 Å². The van der Waals surface area contributed by atoms with Gasteiger partial charge in [-0.15, -0.1) is 0 Å². The number of pyridine rings is 1. The molecule has 0 spiro atoms. The van der Waals surface area contributed by atoms with Crippen LogP contribution in [0.1, 0.15) is 26.5 Å². The van der Waals surface area contributed by atoms with Gasteiger partial charge < -0.3 is 19.5 Å². The van der Waals surface area contributed by atoms with Crippen molar-refractivity contribution >= 4 is 28.4 Å². The number of nitrogens with zero attached hydrogens (tertiary/aromatic N) is 3. The van der Waals surface area contributed by atoms with Crippen molar-refractivity contribution in [3.8, 4) is 28.7 Å². The number of methoxy groups -OCH3 is 2. The molecule has 216 valence electrons. The van der Waals surface area contributed by atoms with Gasteiger partial charge in [0.15, 0.2) is 11.5 Å². The van der Waals surface area contributed by atoms with E-state index in [-0.39, 0.29) is 16.9 Å². The number of amides is 2. The van der Waals surface area contributed by atoms with Crippen LogP contribution in [0.25, 0.3) is 16.6 Å². The first-order valence-electron chi connectivity index (χ1n) is 13.0. The van der Waals surface area contributed by atoms with Crippen molar-refractivity contribution in [1.82, 2.24) is 14.8 Å². The Balaban J connectivity index is 1.35. The summed E-state index contributed by atoms with van der Waals surface area (Å²) in [7, 11) is 3.06. The molecule has 5 rings (SSSR count). The topological polar surface area (TPSA) is 99.5 Å². The number of urea groups is 1. The normalized spacial score (nSPS) is 11.3. The molecule has 0 radical (unpaired) electrons. The van der Waals surface area contributed by atoms with Crippen LogP contribution in [0.15, 0.2) is 72.9 Å². The van der Waals surface area contributed by atoms with E-state index in [0.29, 0.717) is 45.4 Å². The molecule has 2 heterocycles. The van der Waals surface area contributed by atoms with Gasteiger partial charge in [-0.1, -0.05) is 26.8 Å². The molecule has 2 aromatic heterocycles. The molecule has 0 unspecified atom stereocenters. The first-order valence-corrected chi connectivity index (χ1v) is 13.0. The molecule has 0 atom stereocenters. The number of hydrogen-bond acceptors (Lipinski definition) is 6. The van der Waals surface area contributed by atoms with Crippen LogP contribution in [0.5, 0.6) is 23.0 Å². The largest absolute Gasteiger partial charge is 0.493 e. The number of ether oxygens (including phenoxy) is 3. The standard InChI is InChI=1S/C31H29F2N5O4/c1-31(2,3)28-17-29(38(37-28)19-8-6-7-18(32)13-19)36-30(39)35-23-10-9-20(14-22(23)33)42-25-11-12-34-24-16-27(41-5)26(40-4)15-21(24)25/h6-17H,1-5H3,(H2,35,36,39). The first kappa shape index (κ1) is 28.3. The van der Waals surface area contributed by atoms with Crippen molar-refractivity contribution in [3.63, 3.8) is 0 Å². The third-order valence-corrected chi connectivity index (χ3v) is 6.40. The van der Waals surface area contributed by atoms with Crippen molar-refractivity contribution in [3.05, 3.63) is 90.3 Å². The van der Waals surface area contributed by atoms with Crippen molar-refractivity contribution < 1.29 is 27.8 Å². The van der Waals surface area contributed by atoms with Crippen molar-refractivity contribution in [2.45, 2.75) is 26.2 Å². The second-order valence-corrected chi connectivity index (χ2v) is 10.4. The smallest absolute Gasteiger partial charge is 0.324 e. The number of halogens is 2. The second-order valence-electron chi connectivity index (χ2n) is 10.4. The summed E-state index contributed by atoms with van der Waals surface area (Å²) in [5.74, 6) is 0.780. The molecule has 5 aromatic rings. The number of fused-ring (bicyclic) bond motifs is 1. The van der Waals surface area contributed by atoms with E-state index in [1.807, 2.05) is 20.8 Å². The molecule has 0 saturated heterocycles. The number of benzene rings is 3. The summed E-state index contributed by atoms with van der Waals surface area (Å²) in [5.41, 5.74) is 1.29. The summed E-state index contributed by atoms with van der Waals surface area (Å²) in [6, 6.07) is 16.0. The van der Waals surface area contributed by atoms with Crippen LogP contribution in [0.2, 0.25) is 0 Å². The Bertz CT molecular complexity index is 1780. The summed E-state index contributed by atoms with van der Waals surface area (Å²) >= 11 is 0. The van der Waals surface area contributed by atoms with Crippen LogP contribution in [-0.4, -0.2) is 35.0 Å². The van der Waals surface area contributed by atoms with E-state index in [1.165, 1.54) is 43.2 Å². The molecular formula is C31H29F2N5O4. The molecule has 0 bridgehead atoms. The van der Waals surface area contributed by atoms with Gasteiger partial charge in [0.25, 0.3) is 0 Å². The second kappa shape index (κ2) is 11.4. The molecule has 3 aromatic carbocycles. The lowest BCUT2D eigenvalue weighted by molar-refractivity contribution is 0.262. The molecule has 0 saturated carbocycles. The Morgan fingerprint density at radius 1 is 0.881 bits per heavy atom. The maximum absolute atomic E-state index is 15.1. The molecule has 2 N–H and O–H groups in total. The maximum Gasteiger partial charge on any atom is 0.324 e. The molecule has 42 heavy (non-hydrogen) atoms. The van der Waals surface area contributed by atoms with Crippen LogP contribution >= 0.6 is 0 Å². The average Bonchev–Trinajstić information content (AvgIpc) is 3.38. The summed E-state index contributed by atoms with van der Waals surface area (Å²) in [6.07, 6.45) is 1.57. The molecule has 9 nitrogen and oxygen atoms in total. The minimum absolute atomic E-state index is 0.0706. The van der Waals surface area contributed by atoms with Crippen molar-refractivity contribution in [2.75, 3.05) is 24.9 Å². The minimum atomic E-state index is -0.714. The molecule has 11 heteroatoms. The number of anilines is 2. The predicted octanol–water partition coefficient (Wildman–Crippen LogP) is 7.45. The Hall–Kier alpha value is -5.19. The van der Waals surface area contributed by atoms with E-state index in [9.17, 15) is 9.18 Å². The molecular weight excluding hydrogens is 544 g/mol. The zero-order valence-electron chi connectivity index (χ0n) is 23.7. The Morgan fingerprint density at radius 2 is 1.64 bits per heavy atom. The zero-order chi connectivity index (χ0) is 30.0. The number of carbonyl (C=O) groups is 1. The van der Waals surface area contributed by atoms with Crippen LogP contribution < -0.4 is 24.8 Å². The van der Waals surface area contributed by atoms with Gasteiger partial charge in [-0.25, -0.2) is 18.3 Å². The Morgan fingerprint density at radius 3 is 2.33 bits per heavy atom. The quantitative estimate of drug-likeness (QED) is 0.210. The minimum Gasteiger partial charge on any atom is -0.493 e. The molecule has 0 aliphatic rings. The molecule has 2 amide bonds. The zero-order valence-corrected chi connectivity index (χ0v) is 23.7. The van der Waals surface area contributed by atoms with E-state index in [4.69, 9.17) is 14.2 Å². The summed E-state index contributed by atoms with van der Waals surface area (Å²) in [4.78, 5) is 17.3. The number of hydrogen-bond donors (Lipinski definition) is 2. The fourth-order valence-corrected chi connectivity index (χ4v) is 4.24. The van der Waals surface area contributed by atoms with Crippen molar-refractivity contribution in [2.24, 2.45) is 0 Å².